The predicted octanol–water partition coefficient (Wildman–Crippen LogP) is 3.05. The topological polar surface area (TPSA) is 117 Å². The smallest absolute Gasteiger partial charge is 0.270 e. The lowest BCUT2D eigenvalue weighted by Crippen LogP contribution is -2.50. The number of aromatic nitrogens is 1. The highest BCUT2D eigenvalue weighted by Crippen LogP contribution is 2.29. The molecule has 1 aliphatic rings. The highest BCUT2D eigenvalue weighted by atomic mass is 79.9. The maximum absolute atomic E-state index is 12.9. The number of carbonyl (C=O) groups is 1. The number of nitrogens with zero attached hydrogens (tertiary/aromatic N) is 3. The van der Waals surface area contributed by atoms with Crippen molar-refractivity contribution in [1.29, 1.82) is 0 Å². The van der Waals surface area contributed by atoms with Gasteiger partial charge < -0.3 is 9.88 Å². The molecule has 3 heterocycles. The number of fused-ring (bicyclic) bond motifs is 1. The van der Waals surface area contributed by atoms with Crippen molar-refractivity contribution in [3.63, 3.8) is 0 Å². The molecule has 3 aromatic rings. The van der Waals surface area contributed by atoms with Crippen molar-refractivity contribution >= 4 is 59.8 Å². The summed E-state index contributed by atoms with van der Waals surface area (Å²) in [6, 6.07) is 7.55. The van der Waals surface area contributed by atoms with Gasteiger partial charge in [0.15, 0.2) is 0 Å². The van der Waals surface area contributed by atoms with Gasteiger partial charge in [-0.1, -0.05) is 0 Å². The zero-order chi connectivity index (χ0) is 20.8. The number of carbonyl (C=O) groups excluding carboxylic acids is 1. The van der Waals surface area contributed by atoms with Crippen molar-refractivity contribution in [2.75, 3.05) is 26.2 Å². The van der Waals surface area contributed by atoms with Crippen LogP contribution in [0.1, 0.15) is 10.4 Å². The molecule has 9 nitrogen and oxygen atoms in total. The second-order valence-electron chi connectivity index (χ2n) is 6.44. The average Bonchev–Trinajstić information content (AvgIpc) is 3.33. The van der Waals surface area contributed by atoms with E-state index in [0.29, 0.717) is 16.5 Å². The number of non-ortho nitro benzene ring substituents is 1. The Balaban J connectivity index is 1.52. The molecule has 0 atom stereocenters. The fourth-order valence-corrected chi connectivity index (χ4v) is 6.85. The normalized spacial score (nSPS) is 15.7. The molecule has 1 aliphatic heterocycles. The number of sulfonamides is 1. The van der Waals surface area contributed by atoms with Crippen LogP contribution in [0.25, 0.3) is 10.9 Å². The average molecular weight is 499 g/mol. The minimum Gasteiger partial charge on any atom is -0.360 e. The summed E-state index contributed by atoms with van der Waals surface area (Å²) in [6.45, 7) is 0.858. The molecule has 29 heavy (non-hydrogen) atoms. The van der Waals surface area contributed by atoms with Crippen molar-refractivity contribution in [3.8, 4) is 0 Å². The van der Waals surface area contributed by atoms with Crippen molar-refractivity contribution in [2.45, 2.75) is 4.21 Å². The number of H-pyrrole nitrogens is 1. The molecule has 1 saturated heterocycles. The third-order valence-electron chi connectivity index (χ3n) is 4.78. The number of nitro groups is 1. The molecule has 1 aromatic carbocycles. The number of aromatic amines is 1. The van der Waals surface area contributed by atoms with Crippen LogP contribution in [-0.2, 0) is 10.0 Å². The highest BCUT2D eigenvalue weighted by Gasteiger charge is 2.32. The van der Waals surface area contributed by atoms with Gasteiger partial charge in [-0.25, -0.2) is 8.42 Å². The molecule has 12 heteroatoms. The fourth-order valence-electron chi connectivity index (χ4n) is 3.26. The lowest BCUT2D eigenvalue weighted by molar-refractivity contribution is -0.384. The van der Waals surface area contributed by atoms with E-state index in [1.165, 1.54) is 22.6 Å². The van der Waals surface area contributed by atoms with Gasteiger partial charge in [0, 0.05) is 55.4 Å². The molecule has 0 spiro atoms. The maximum atomic E-state index is 12.9. The number of nitrogens with one attached hydrogen (secondary N) is 1. The first-order valence-corrected chi connectivity index (χ1v) is 11.6. The van der Waals surface area contributed by atoms with Crippen LogP contribution in [0.3, 0.4) is 0 Å². The third kappa shape index (κ3) is 3.68. The molecule has 2 aromatic heterocycles. The van der Waals surface area contributed by atoms with E-state index >= 15 is 0 Å². The van der Waals surface area contributed by atoms with Crippen LogP contribution in [0, 0.1) is 10.1 Å². The fraction of sp³-hybridized carbons (Fsp3) is 0.235. The van der Waals surface area contributed by atoms with E-state index in [1.54, 1.807) is 23.1 Å². The van der Waals surface area contributed by atoms with Gasteiger partial charge >= 0.3 is 0 Å². The molecule has 0 aliphatic carbocycles. The molecule has 152 valence electrons. The number of thiophene rings is 1. The standard InChI is InChI=1S/C17H15BrN4O5S2/c18-15-3-4-16(28-15)29(26,27)21-7-5-20(6-8-21)17(23)13-10-19-14-2-1-11(22(24)25)9-12(13)14/h1-4,9-10,19H,5-8H2. The minimum atomic E-state index is -3.59. The minimum absolute atomic E-state index is 0.0934. The third-order valence-corrected chi connectivity index (χ3v) is 8.76. The first-order chi connectivity index (χ1) is 13.8. The van der Waals surface area contributed by atoms with Gasteiger partial charge in [-0.15, -0.1) is 11.3 Å². The number of rotatable bonds is 4. The summed E-state index contributed by atoms with van der Waals surface area (Å²) >= 11 is 4.42. The lowest BCUT2D eigenvalue weighted by Gasteiger charge is -2.33. The number of piperazine rings is 1. The summed E-state index contributed by atoms with van der Waals surface area (Å²) in [4.78, 5) is 28.0. The SMILES string of the molecule is O=C(c1c[nH]c2ccc([N+](=O)[O-])cc12)N1CCN(S(=O)(=O)c2ccc(Br)s2)CC1. The summed E-state index contributed by atoms with van der Waals surface area (Å²) in [6.07, 6.45) is 1.53. The Kier molecular flexibility index (Phi) is 5.19. The van der Waals surface area contributed by atoms with Crippen molar-refractivity contribution in [1.82, 2.24) is 14.2 Å². The quantitative estimate of drug-likeness (QED) is 0.438. The molecule has 1 N–H and O–H groups in total. The van der Waals surface area contributed by atoms with Crippen LogP contribution in [-0.4, -0.2) is 59.6 Å². The Morgan fingerprint density at radius 1 is 1.17 bits per heavy atom. The number of hydrogen-bond acceptors (Lipinski definition) is 6. The monoisotopic (exact) mass is 498 g/mol. The Hall–Kier alpha value is -2.28. The molecule has 1 amide bonds. The van der Waals surface area contributed by atoms with E-state index in [9.17, 15) is 23.3 Å². The van der Waals surface area contributed by atoms with Gasteiger partial charge in [0.2, 0.25) is 0 Å². The molecule has 0 bridgehead atoms. The van der Waals surface area contributed by atoms with Crippen LogP contribution in [0.5, 0.6) is 0 Å². The van der Waals surface area contributed by atoms with E-state index < -0.39 is 14.9 Å². The van der Waals surface area contributed by atoms with E-state index in [-0.39, 0.29) is 42.0 Å². The van der Waals surface area contributed by atoms with Crippen molar-refractivity contribution < 1.29 is 18.1 Å². The van der Waals surface area contributed by atoms with Crippen LogP contribution in [0.2, 0.25) is 0 Å². The Morgan fingerprint density at radius 2 is 1.90 bits per heavy atom. The number of amides is 1. The molecule has 0 unspecified atom stereocenters. The van der Waals surface area contributed by atoms with Crippen LogP contribution >= 0.6 is 27.3 Å². The maximum Gasteiger partial charge on any atom is 0.270 e. The molecule has 0 saturated carbocycles. The first kappa shape index (κ1) is 20.0. The molecule has 4 rings (SSSR count). The van der Waals surface area contributed by atoms with E-state index in [2.05, 4.69) is 20.9 Å². The van der Waals surface area contributed by atoms with E-state index in [4.69, 9.17) is 0 Å². The number of nitro benzene ring substituents is 1. The van der Waals surface area contributed by atoms with Gasteiger partial charge in [0.05, 0.1) is 14.3 Å². The summed E-state index contributed by atoms with van der Waals surface area (Å²) in [5.74, 6) is -0.285. The zero-order valence-corrected chi connectivity index (χ0v) is 18.1. The van der Waals surface area contributed by atoms with Crippen LogP contribution in [0.4, 0.5) is 5.69 Å². The van der Waals surface area contributed by atoms with Gasteiger partial charge in [-0.3, -0.25) is 14.9 Å². The van der Waals surface area contributed by atoms with Gasteiger partial charge in [-0.05, 0) is 34.1 Å². The molecular formula is C17H15BrN4O5S2. The summed E-state index contributed by atoms with van der Waals surface area (Å²) < 4.78 is 27.8. The van der Waals surface area contributed by atoms with Gasteiger partial charge in [0.25, 0.3) is 21.6 Å². The second-order valence-corrected chi connectivity index (χ2v) is 11.1. The number of halogens is 1. The van der Waals surface area contributed by atoms with E-state index in [1.807, 2.05) is 0 Å². The van der Waals surface area contributed by atoms with Crippen molar-refractivity contribution in [2.24, 2.45) is 0 Å². The number of hydrogen-bond donors (Lipinski definition) is 1. The Bertz CT molecular complexity index is 1210. The largest absolute Gasteiger partial charge is 0.360 e. The lowest BCUT2D eigenvalue weighted by atomic mass is 10.1. The van der Waals surface area contributed by atoms with Crippen molar-refractivity contribution in [3.05, 3.63) is 56.0 Å². The predicted molar refractivity (Wildman–Crippen MR) is 112 cm³/mol. The van der Waals surface area contributed by atoms with Crippen LogP contribution in [0.15, 0.2) is 44.5 Å². The zero-order valence-electron chi connectivity index (χ0n) is 14.9. The van der Waals surface area contributed by atoms with Gasteiger partial charge in [-0.2, -0.15) is 4.31 Å². The van der Waals surface area contributed by atoms with Crippen LogP contribution < -0.4 is 0 Å². The summed E-state index contributed by atoms with van der Waals surface area (Å²) in [5.41, 5.74) is 0.870. The Labute approximate surface area is 178 Å². The first-order valence-electron chi connectivity index (χ1n) is 8.57. The molecule has 0 radical (unpaired) electrons. The Morgan fingerprint density at radius 3 is 2.52 bits per heavy atom. The van der Waals surface area contributed by atoms with Gasteiger partial charge in [0.1, 0.15) is 4.21 Å². The number of benzene rings is 1. The highest BCUT2D eigenvalue weighted by molar-refractivity contribution is 9.11. The second kappa shape index (κ2) is 7.52. The van der Waals surface area contributed by atoms with E-state index in [0.717, 1.165) is 15.1 Å². The molecule has 1 fully saturated rings. The molecular weight excluding hydrogens is 484 g/mol. The summed E-state index contributed by atoms with van der Waals surface area (Å²) in [5, 5.41) is 11.5. The summed E-state index contributed by atoms with van der Waals surface area (Å²) in [7, 11) is -3.59.